The van der Waals surface area contributed by atoms with Crippen LogP contribution in [0.1, 0.15) is 335 Å². The molecule has 0 heterocycles. The third-order valence-corrected chi connectivity index (χ3v) is 15.3. The van der Waals surface area contributed by atoms with Crippen LogP contribution >= 0.6 is 7.82 Å². The maximum atomic E-state index is 12.7. The number of allylic oxidation sites excluding steroid dienone is 4. The van der Waals surface area contributed by atoms with Crippen molar-refractivity contribution >= 4 is 19.8 Å². The second-order valence-electron chi connectivity index (χ2n) is 21.6. The zero-order valence-electron chi connectivity index (χ0n) is 48.4. The van der Waals surface area contributed by atoms with Crippen molar-refractivity contribution in [1.82, 2.24) is 0 Å². The van der Waals surface area contributed by atoms with Gasteiger partial charge in [-0.1, -0.05) is 301 Å². The maximum Gasteiger partial charge on any atom is 0.472 e. The first kappa shape index (κ1) is 71.5. The molecule has 0 spiro atoms. The number of phosphoric ester groups is 1. The Morgan fingerprint density at radius 2 is 0.712 bits per heavy atom. The van der Waals surface area contributed by atoms with Gasteiger partial charge in [-0.25, -0.2) is 4.57 Å². The van der Waals surface area contributed by atoms with Crippen molar-refractivity contribution in [3.63, 3.8) is 0 Å². The van der Waals surface area contributed by atoms with Gasteiger partial charge in [0.1, 0.15) is 6.61 Å². The van der Waals surface area contributed by atoms with E-state index in [1.54, 1.807) is 0 Å². The lowest BCUT2D eigenvalue weighted by Gasteiger charge is -2.19. The number of hydrogen-bond donors (Lipinski definition) is 2. The smallest absolute Gasteiger partial charge is 0.462 e. The van der Waals surface area contributed by atoms with Crippen LogP contribution in [0.5, 0.6) is 0 Å². The molecule has 73 heavy (non-hydrogen) atoms. The van der Waals surface area contributed by atoms with Gasteiger partial charge in [0, 0.05) is 19.4 Å². The minimum atomic E-state index is -4.38. The minimum Gasteiger partial charge on any atom is -0.462 e. The van der Waals surface area contributed by atoms with Gasteiger partial charge in [-0.2, -0.15) is 0 Å². The number of hydrogen-bond acceptors (Lipinski definition) is 8. The Morgan fingerprint density at radius 3 is 1.04 bits per heavy atom. The van der Waals surface area contributed by atoms with E-state index in [9.17, 15) is 19.0 Å². The van der Waals surface area contributed by atoms with E-state index in [0.717, 1.165) is 38.5 Å². The number of nitrogens with two attached hydrogens (primary N) is 1. The SMILES string of the molecule is CCCCCCC/C=C\C/C=C\CCCCCCCCCCCCCCCCCCCCCCCCCCCCCC(=O)OC(COC(=O)CCCCCCCCCCCCCCC)COP(=O)(O)OCCN. The van der Waals surface area contributed by atoms with Crippen molar-refractivity contribution in [1.29, 1.82) is 0 Å². The van der Waals surface area contributed by atoms with Crippen LogP contribution in [0.15, 0.2) is 24.3 Å². The fraction of sp³-hybridized carbons (Fsp3) is 0.905. The van der Waals surface area contributed by atoms with Gasteiger partial charge in [-0.05, 0) is 44.9 Å². The summed E-state index contributed by atoms with van der Waals surface area (Å²) in [5.41, 5.74) is 5.38. The average molecular weight is 1050 g/mol. The number of carbonyl (C=O) groups is 2. The molecule has 9 nitrogen and oxygen atoms in total. The highest BCUT2D eigenvalue weighted by atomic mass is 31.2. The topological polar surface area (TPSA) is 134 Å². The molecule has 432 valence electrons. The molecule has 0 aromatic rings. The molecule has 2 atom stereocenters. The zero-order chi connectivity index (χ0) is 53.1. The summed E-state index contributed by atoms with van der Waals surface area (Å²) in [7, 11) is -4.38. The largest absolute Gasteiger partial charge is 0.472 e. The molecule has 0 aromatic carbocycles. The predicted molar refractivity (Wildman–Crippen MR) is 312 cm³/mol. The molecule has 2 unspecified atom stereocenters. The molecule has 3 N–H and O–H groups in total. The molecule has 10 heteroatoms. The van der Waals surface area contributed by atoms with Crippen molar-refractivity contribution in [3.8, 4) is 0 Å². The monoisotopic (exact) mass is 1050 g/mol. The molecule has 0 radical (unpaired) electrons. The molecule has 0 aromatic heterocycles. The number of esters is 2. The first-order chi connectivity index (χ1) is 35.8. The average Bonchev–Trinajstić information content (AvgIpc) is 3.38. The van der Waals surface area contributed by atoms with Crippen LogP contribution in [-0.4, -0.2) is 49.3 Å². The molecule has 0 aliphatic carbocycles. The number of rotatable bonds is 61. The van der Waals surface area contributed by atoms with E-state index < -0.39 is 26.5 Å². The Hall–Kier alpha value is -1.51. The lowest BCUT2D eigenvalue weighted by Crippen LogP contribution is -2.29. The van der Waals surface area contributed by atoms with Crippen LogP contribution in [0.4, 0.5) is 0 Å². The first-order valence-corrected chi connectivity index (χ1v) is 33.3. The van der Waals surface area contributed by atoms with Crippen molar-refractivity contribution in [2.24, 2.45) is 5.73 Å². The van der Waals surface area contributed by atoms with Crippen LogP contribution in [0.3, 0.4) is 0 Å². The molecule has 0 aliphatic rings. The van der Waals surface area contributed by atoms with Crippen LogP contribution in [0.25, 0.3) is 0 Å². The van der Waals surface area contributed by atoms with Gasteiger partial charge in [0.25, 0.3) is 0 Å². The minimum absolute atomic E-state index is 0.0573. The van der Waals surface area contributed by atoms with Crippen LogP contribution in [-0.2, 0) is 32.7 Å². The van der Waals surface area contributed by atoms with E-state index in [0.29, 0.717) is 6.42 Å². The molecule has 0 rings (SSSR count). The van der Waals surface area contributed by atoms with Crippen molar-refractivity contribution in [3.05, 3.63) is 24.3 Å². The normalized spacial score (nSPS) is 13.1. The van der Waals surface area contributed by atoms with E-state index >= 15 is 0 Å². The summed E-state index contributed by atoms with van der Waals surface area (Å²) in [5.74, 6) is -0.808. The molecule has 0 saturated heterocycles. The molecule has 0 bridgehead atoms. The van der Waals surface area contributed by atoms with E-state index in [1.807, 2.05) is 0 Å². The number of unbranched alkanes of at least 4 members (excludes halogenated alkanes) is 44. The Labute approximate surface area is 452 Å². The van der Waals surface area contributed by atoms with Gasteiger partial charge in [0.2, 0.25) is 0 Å². The van der Waals surface area contributed by atoms with Crippen LogP contribution in [0, 0.1) is 0 Å². The van der Waals surface area contributed by atoms with Crippen molar-refractivity contribution < 1.29 is 37.6 Å². The third-order valence-electron chi connectivity index (χ3n) is 14.3. The lowest BCUT2D eigenvalue weighted by atomic mass is 10.0. The molecule has 0 saturated carbocycles. The van der Waals surface area contributed by atoms with E-state index in [4.69, 9.17) is 24.3 Å². The highest BCUT2D eigenvalue weighted by molar-refractivity contribution is 7.47. The summed E-state index contributed by atoms with van der Waals surface area (Å²) >= 11 is 0. The van der Waals surface area contributed by atoms with Gasteiger partial charge in [-0.15, -0.1) is 0 Å². The molecule has 0 amide bonds. The molecule has 0 aliphatic heterocycles. The Morgan fingerprint density at radius 1 is 0.411 bits per heavy atom. The van der Waals surface area contributed by atoms with Gasteiger partial charge < -0.3 is 20.1 Å². The molecular weight excluding hydrogens is 930 g/mol. The summed E-state index contributed by atoms with van der Waals surface area (Å²) < 4.78 is 33.0. The summed E-state index contributed by atoms with van der Waals surface area (Å²) in [4.78, 5) is 35.1. The summed E-state index contributed by atoms with van der Waals surface area (Å²) in [6.45, 7) is 3.78. The number of carbonyl (C=O) groups excluding carboxylic acids is 2. The summed E-state index contributed by atoms with van der Waals surface area (Å²) in [5, 5.41) is 0. The summed E-state index contributed by atoms with van der Waals surface area (Å²) in [6, 6.07) is 0. The zero-order valence-corrected chi connectivity index (χ0v) is 49.3. The lowest BCUT2D eigenvalue weighted by molar-refractivity contribution is -0.161. The predicted octanol–water partition coefficient (Wildman–Crippen LogP) is 20.2. The van der Waals surface area contributed by atoms with Gasteiger partial charge in [0.15, 0.2) is 6.10 Å². The standard InChI is InChI=1S/C63H122NO8P/c1-3-5-7-9-11-13-15-17-18-19-20-21-22-23-24-25-26-27-28-29-30-31-32-33-34-35-36-37-38-39-40-41-42-44-46-48-50-52-54-56-63(66)72-61(60-71-73(67,68)70-58-57-64)59-69-62(65)55-53-51-49-47-45-43-16-14-12-10-8-6-4-2/h15,17,19-20,61H,3-14,16,18,21-60,64H2,1-2H3,(H,67,68)/b17-15-,20-19-. The molecule has 0 fully saturated rings. The number of phosphoric acid groups is 1. The van der Waals surface area contributed by atoms with E-state index in [2.05, 4.69) is 38.2 Å². The first-order valence-electron chi connectivity index (χ1n) is 31.8. The van der Waals surface area contributed by atoms with Gasteiger partial charge >= 0.3 is 19.8 Å². The van der Waals surface area contributed by atoms with E-state index in [1.165, 1.54) is 263 Å². The highest BCUT2D eigenvalue weighted by Gasteiger charge is 2.26. The van der Waals surface area contributed by atoms with Crippen LogP contribution in [0.2, 0.25) is 0 Å². The molecular formula is C63H122NO8P. The van der Waals surface area contributed by atoms with E-state index in [-0.39, 0.29) is 38.6 Å². The summed E-state index contributed by atoms with van der Waals surface area (Å²) in [6.07, 6.45) is 71.4. The second-order valence-corrected chi connectivity index (χ2v) is 23.1. The van der Waals surface area contributed by atoms with Crippen molar-refractivity contribution in [2.45, 2.75) is 341 Å². The third kappa shape index (κ3) is 59.6. The van der Waals surface area contributed by atoms with Gasteiger partial charge in [-0.3, -0.25) is 18.6 Å². The number of ether oxygens (including phenoxy) is 2. The second kappa shape index (κ2) is 59.7. The van der Waals surface area contributed by atoms with Gasteiger partial charge in [0.05, 0.1) is 13.2 Å². The highest BCUT2D eigenvalue weighted by Crippen LogP contribution is 2.43. The van der Waals surface area contributed by atoms with Crippen LogP contribution < -0.4 is 5.73 Å². The maximum absolute atomic E-state index is 12.7. The Bertz CT molecular complexity index is 1250. The Kier molecular flexibility index (Phi) is 58.5. The Balaban J connectivity index is 3.71. The quantitative estimate of drug-likeness (QED) is 0.0264. The fourth-order valence-corrected chi connectivity index (χ4v) is 10.4. The fourth-order valence-electron chi connectivity index (χ4n) is 9.61. The van der Waals surface area contributed by atoms with Crippen molar-refractivity contribution in [2.75, 3.05) is 26.4 Å².